The SMILES string of the molecule is COC(=O)C(CC(C)C)NC(=O)COC(=O)c1cc(S(=O)(=O)N(C)C)ccc1NCCO. The molecule has 11 nitrogen and oxygen atoms in total. The van der Waals surface area contributed by atoms with E-state index >= 15 is 0 Å². The summed E-state index contributed by atoms with van der Waals surface area (Å²) < 4.78 is 35.5. The van der Waals surface area contributed by atoms with Crippen molar-refractivity contribution in [3.63, 3.8) is 0 Å². The van der Waals surface area contributed by atoms with Gasteiger partial charge in [-0.05, 0) is 30.5 Å². The minimum absolute atomic E-state index is 0.100. The Hall–Kier alpha value is -2.70. The first kappa shape index (κ1) is 27.3. The number of carbonyl (C=O) groups is 3. The number of benzene rings is 1. The van der Waals surface area contributed by atoms with Crippen LogP contribution in [-0.4, -0.2) is 82.7 Å². The number of sulfonamides is 1. The zero-order valence-electron chi connectivity index (χ0n) is 18.9. The van der Waals surface area contributed by atoms with Gasteiger partial charge in [-0.25, -0.2) is 22.3 Å². The Kier molecular flexibility index (Phi) is 10.6. The number of carbonyl (C=O) groups excluding carboxylic acids is 3. The summed E-state index contributed by atoms with van der Waals surface area (Å²) in [7, 11) is 0.0855. The molecule has 0 heterocycles. The van der Waals surface area contributed by atoms with E-state index < -0.39 is 40.5 Å². The molecule has 1 unspecified atom stereocenters. The summed E-state index contributed by atoms with van der Waals surface area (Å²) in [6, 6.07) is 2.93. The quantitative estimate of drug-likeness (QED) is 0.362. The lowest BCUT2D eigenvalue weighted by molar-refractivity contribution is -0.145. The number of nitrogens with one attached hydrogen (secondary N) is 2. The van der Waals surface area contributed by atoms with Crippen LogP contribution < -0.4 is 10.6 Å². The summed E-state index contributed by atoms with van der Waals surface area (Å²) in [5.41, 5.74) is 0.107. The van der Waals surface area contributed by atoms with Gasteiger partial charge in [0.2, 0.25) is 10.0 Å². The smallest absolute Gasteiger partial charge is 0.340 e. The largest absolute Gasteiger partial charge is 0.467 e. The number of hydrogen-bond acceptors (Lipinski definition) is 9. The Morgan fingerprint density at radius 3 is 2.38 bits per heavy atom. The number of ether oxygens (including phenoxy) is 2. The second-order valence-electron chi connectivity index (χ2n) is 7.49. The highest BCUT2D eigenvalue weighted by molar-refractivity contribution is 7.89. The average molecular weight is 474 g/mol. The molecule has 0 aliphatic heterocycles. The van der Waals surface area contributed by atoms with E-state index in [4.69, 9.17) is 9.84 Å². The Labute approximate surface area is 188 Å². The second kappa shape index (κ2) is 12.4. The predicted octanol–water partition coefficient (Wildman–Crippen LogP) is 0.202. The topological polar surface area (TPSA) is 151 Å². The number of methoxy groups -OCH3 is 1. The van der Waals surface area contributed by atoms with E-state index in [1.165, 1.54) is 33.3 Å². The summed E-state index contributed by atoms with van der Waals surface area (Å²) >= 11 is 0. The standard InChI is InChI=1S/C20H31N3O8S/c1-13(2)10-17(20(27)30-5)22-18(25)12-31-19(26)15-11-14(32(28,29)23(3)4)6-7-16(15)21-8-9-24/h6-7,11,13,17,21,24H,8-10,12H2,1-5H3,(H,22,25). The molecule has 1 aromatic rings. The third-order valence-corrected chi connectivity index (χ3v) is 6.09. The fourth-order valence-corrected chi connectivity index (χ4v) is 3.61. The number of aliphatic hydroxyl groups is 1. The van der Waals surface area contributed by atoms with Crippen molar-refractivity contribution in [3.8, 4) is 0 Å². The number of rotatable bonds is 12. The van der Waals surface area contributed by atoms with E-state index in [1.807, 2.05) is 13.8 Å². The molecule has 0 fully saturated rings. The van der Waals surface area contributed by atoms with Gasteiger partial charge < -0.3 is 25.2 Å². The van der Waals surface area contributed by atoms with Crippen LogP contribution in [-0.2, 0) is 29.1 Å². The number of nitrogens with zero attached hydrogens (tertiary/aromatic N) is 1. The average Bonchev–Trinajstić information content (AvgIpc) is 2.74. The van der Waals surface area contributed by atoms with Crippen molar-refractivity contribution in [2.24, 2.45) is 5.92 Å². The Balaban J connectivity index is 3.02. The zero-order valence-corrected chi connectivity index (χ0v) is 19.7. The van der Waals surface area contributed by atoms with Gasteiger partial charge >= 0.3 is 11.9 Å². The molecule has 0 bridgehead atoms. The van der Waals surface area contributed by atoms with E-state index in [2.05, 4.69) is 15.4 Å². The van der Waals surface area contributed by atoms with Crippen LogP contribution in [0, 0.1) is 5.92 Å². The first-order valence-corrected chi connectivity index (χ1v) is 11.3. The first-order chi connectivity index (χ1) is 14.9. The maximum Gasteiger partial charge on any atom is 0.340 e. The zero-order chi connectivity index (χ0) is 24.5. The molecule has 1 atom stereocenters. The predicted molar refractivity (Wildman–Crippen MR) is 117 cm³/mol. The third-order valence-electron chi connectivity index (χ3n) is 4.28. The molecule has 0 saturated carbocycles. The van der Waals surface area contributed by atoms with Crippen molar-refractivity contribution < 1.29 is 37.4 Å². The number of anilines is 1. The van der Waals surface area contributed by atoms with Crippen LogP contribution in [0.1, 0.15) is 30.6 Å². The van der Waals surface area contributed by atoms with Gasteiger partial charge in [-0.1, -0.05) is 13.8 Å². The molecule has 0 radical (unpaired) electrons. The maximum atomic E-state index is 12.6. The van der Waals surface area contributed by atoms with E-state index in [1.54, 1.807) is 0 Å². The summed E-state index contributed by atoms with van der Waals surface area (Å²) in [5.74, 6) is -2.18. The minimum atomic E-state index is -3.82. The van der Waals surface area contributed by atoms with Gasteiger partial charge in [-0.2, -0.15) is 0 Å². The Morgan fingerprint density at radius 2 is 1.84 bits per heavy atom. The number of aliphatic hydroxyl groups excluding tert-OH is 1. The van der Waals surface area contributed by atoms with Crippen LogP contribution in [0.25, 0.3) is 0 Å². The second-order valence-corrected chi connectivity index (χ2v) is 9.65. The monoisotopic (exact) mass is 473 g/mol. The van der Waals surface area contributed by atoms with Gasteiger partial charge in [0.15, 0.2) is 6.61 Å². The van der Waals surface area contributed by atoms with Crippen LogP contribution in [0.4, 0.5) is 5.69 Å². The fraction of sp³-hybridized carbons (Fsp3) is 0.550. The van der Waals surface area contributed by atoms with E-state index in [9.17, 15) is 22.8 Å². The van der Waals surface area contributed by atoms with Crippen molar-refractivity contribution in [2.75, 3.05) is 46.3 Å². The van der Waals surface area contributed by atoms with Crippen LogP contribution in [0.5, 0.6) is 0 Å². The van der Waals surface area contributed by atoms with Gasteiger partial charge in [0.25, 0.3) is 5.91 Å². The molecule has 1 rings (SSSR count). The Morgan fingerprint density at radius 1 is 1.19 bits per heavy atom. The van der Waals surface area contributed by atoms with Crippen LogP contribution in [0.2, 0.25) is 0 Å². The number of hydrogen-bond donors (Lipinski definition) is 3. The van der Waals surface area contributed by atoms with Crippen molar-refractivity contribution in [1.29, 1.82) is 0 Å². The van der Waals surface area contributed by atoms with Crippen molar-refractivity contribution in [1.82, 2.24) is 9.62 Å². The lowest BCUT2D eigenvalue weighted by Crippen LogP contribution is -2.44. The van der Waals surface area contributed by atoms with E-state index in [0.29, 0.717) is 6.42 Å². The molecule has 0 aromatic heterocycles. The molecule has 32 heavy (non-hydrogen) atoms. The Bertz CT molecular complexity index is 915. The molecular formula is C20H31N3O8S. The van der Waals surface area contributed by atoms with Gasteiger partial charge in [0.05, 0.1) is 24.2 Å². The van der Waals surface area contributed by atoms with Crippen molar-refractivity contribution >= 4 is 33.6 Å². The summed E-state index contributed by atoms with van der Waals surface area (Å²) in [4.78, 5) is 36.5. The van der Waals surface area contributed by atoms with Gasteiger partial charge in [-0.15, -0.1) is 0 Å². The number of amides is 1. The lowest BCUT2D eigenvalue weighted by Gasteiger charge is -2.18. The molecule has 0 saturated heterocycles. The van der Waals surface area contributed by atoms with E-state index in [-0.39, 0.29) is 35.2 Å². The third kappa shape index (κ3) is 7.77. The molecular weight excluding hydrogens is 442 g/mol. The van der Waals surface area contributed by atoms with Gasteiger partial charge in [0, 0.05) is 26.3 Å². The summed E-state index contributed by atoms with van der Waals surface area (Å²) in [6.07, 6.45) is 0.339. The van der Waals surface area contributed by atoms with Gasteiger partial charge in [0.1, 0.15) is 6.04 Å². The molecule has 0 aliphatic rings. The lowest BCUT2D eigenvalue weighted by atomic mass is 10.0. The van der Waals surface area contributed by atoms with Gasteiger partial charge in [-0.3, -0.25) is 4.79 Å². The highest BCUT2D eigenvalue weighted by atomic mass is 32.2. The van der Waals surface area contributed by atoms with Crippen molar-refractivity contribution in [2.45, 2.75) is 31.2 Å². The van der Waals surface area contributed by atoms with Crippen LogP contribution >= 0.6 is 0 Å². The van der Waals surface area contributed by atoms with E-state index in [0.717, 1.165) is 10.4 Å². The summed E-state index contributed by atoms with van der Waals surface area (Å²) in [5, 5.41) is 14.3. The molecule has 1 amide bonds. The summed E-state index contributed by atoms with van der Waals surface area (Å²) in [6.45, 7) is 2.94. The molecule has 0 aliphatic carbocycles. The number of esters is 2. The molecule has 180 valence electrons. The first-order valence-electron chi connectivity index (χ1n) is 9.89. The highest BCUT2D eigenvalue weighted by Gasteiger charge is 2.25. The van der Waals surface area contributed by atoms with Crippen molar-refractivity contribution in [3.05, 3.63) is 23.8 Å². The maximum absolute atomic E-state index is 12.6. The fourth-order valence-electron chi connectivity index (χ4n) is 2.68. The highest BCUT2D eigenvalue weighted by Crippen LogP contribution is 2.23. The molecule has 0 spiro atoms. The minimum Gasteiger partial charge on any atom is -0.467 e. The molecule has 1 aromatic carbocycles. The molecule has 12 heteroatoms. The molecule has 3 N–H and O–H groups in total. The van der Waals surface area contributed by atoms with Crippen LogP contribution in [0.3, 0.4) is 0 Å². The normalized spacial score (nSPS) is 12.4. The van der Waals surface area contributed by atoms with Crippen LogP contribution in [0.15, 0.2) is 23.1 Å².